The van der Waals surface area contributed by atoms with Crippen LogP contribution in [0.1, 0.15) is 90.9 Å². The van der Waals surface area contributed by atoms with E-state index < -0.39 is 0 Å². The summed E-state index contributed by atoms with van der Waals surface area (Å²) in [7, 11) is 8.84. The Bertz CT molecular complexity index is 284. The van der Waals surface area contributed by atoms with Crippen molar-refractivity contribution in [3.8, 4) is 0 Å². The molecule has 0 aliphatic carbocycles. The smallest absolute Gasteiger partial charge is 0.270 e. The highest BCUT2D eigenvalue weighted by molar-refractivity contribution is 5.74. The van der Waals surface area contributed by atoms with Crippen molar-refractivity contribution >= 4 is 5.96 Å². The van der Waals surface area contributed by atoms with Gasteiger partial charge in [0.25, 0.3) is 0 Å². The molecule has 0 saturated carbocycles. The van der Waals surface area contributed by atoms with E-state index in [4.69, 9.17) is 0 Å². The lowest BCUT2D eigenvalue weighted by Gasteiger charge is -2.24. The van der Waals surface area contributed by atoms with Crippen LogP contribution in [0.5, 0.6) is 0 Å². The van der Waals surface area contributed by atoms with E-state index in [1.807, 2.05) is 0 Å². The molecule has 0 aliphatic rings. The molecule has 0 rings (SSSR count). The zero-order chi connectivity index (χ0) is 18.2. The van der Waals surface area contributed by atoms with Crippen LogP contribution in [-0.2, 0) is 0 Å². The van der Waals surface area contributed by atoms with Gasteiger partial charge in [-0.3, -0.25) is 14.4 Å². The molecule has 0 aromatic rings. The monoisotopic (exact) mass is 340 g/mol. The van der Waals surface area contributed by atoms with Gasteiger partial charge in [0, 0.05) is 0 Å². The molecule has 0 fully saturated rings. The van der Waals surface area contributed by atoms with E-state index in [9.17, 15) is 0 Å². The summed E-state index contributed by atoms with van der Waals surface area (Å²) in [6.45, 7) is 6.90. The Kier molecular flexibility index (Phi) is 15.3. The van der Waals surface area contributed by atoms with Gasteiger partial charge in [-0.1, -0.05) is 78.1 Å². The first-order valence-corrected chi connectivity index (χ1v) is 10.5. The van der Waals surface area contributed by atoms with Gasteiger partial charge < -0.3 is 0 Å². The van der Waals surface area contributed by atoms with Gasteiger partial charge in [-0.05, 0) is 12.8 Å². The van der Waals surface area contributed by atoms with Crippen molar-refractivity contribution in [2.24, 2.45) is 0 Å². The highest BCUT2D eigenvalue weighted by atomic mass is 15.4. The Morgan fingerprint density at radius 1 is 0.583 bits per heavy atom. The zero-order valence-electron chi connectivity index (χ0n) is 17.7. The molecule has 24 heavy (non-hydrogen) atoms. The Balaban J connectivity index is 4.06. The van der Waals surface area contributed by atoms with E-state index in [1.165, 1.54) is 96.1 Å². The lowest BCUT2D eigenvalue weighted by atomic mass is 10.1. The van der Waals surface area contributed by atoms with E-state index in [0.29, 0.717) is 0 Å². The molecule has 0 radical (unpaired) electrons. The number of hydrogen-bond donors (Lipinski definition) is 0. The van der Waals surface area contributed by atoms with Crippen molar-refractivity contribution < 1.29 is 4.58 Å². The van der Waals surface area contributed by atoms with E-state index in [1.54, 1.807) is 0 Å². The standard InChI is InChI=1S/C21H46N3/c1-7-9-11-13-15-17-19-23(5)21(22(3)4)24(6)20-18-16-14-12-10-8-2/h7-20H2,1-6H3/q+1. The Morgan fingerprint density at radius 2 is 0.917 bits per heavy atom. The Labute approximate surface area is 153 Å². The second kappa shape index (κ2) is 15.8. The zero-order valence-corrected chi connectivity index (χ0v) is 17.7. The number of unbranched alkanes of at least 4 members (excludes halogenated alkanes) is 10. The van der Waals surface area contributed by atoms with Crippen LogP contribution in [0.15, 0.2) is 0 Å². The third-order valence-corrected chi connectivity index (χ3v) is 4.78. The van der Waals surface area contributed by atoms with Crippen LogP contribution in [-0.4, -0.2) is 61.6 Å². The van der Waals surface area contributed by atoms with Crippen LogP contribution in [0.3, 0.4) is 0 Å². The molecule has 0 N–H and O–H groups in total. The van der Waals surface area contributed by atoms with E-state index >= 15 is 0 Å². The summed E-state index contributed by atoms with van der Waals surface area (Å²) in [6.07, 6.45) is 16.4. The molecule has 0 aliphatic heterocycles. The lowest BCUT2D eigenvalue weighted by Crippen LogP contribution is -2.45. The first-order valence-electron chi connectivity index (χ1n) is 10.5. The van der Waals surface area contributed by atoms with Gasteiger partial charge in [-0.25, -0.2) is 0 Å². The summed E-state index contributed by atoms with van der Waals surface area (Å²) in [5.74, 6) is 1.36. The minimum atomic E-state index is 1.17. The normalized spacial score (nSPS) is 10.8. The highest BCUT2D eigenvalue weighted by Crippen LogP contribution is 2.08. The maximum Gasteiger partial charge on any atom is 0.349 e. The number of nitrogens with zero attached hydrogens (tertiary/aromatic N) is 3. The van der Waals surface area contributed by atoms with Crippen molar-refractivity contribution in [1.82, 2.24) is 9.80 Å². The number of rotatable bonds is 14. The molecule has 0 saturated heterocycles. The average molecular weight is 341 g/mol. The summed E-state index contributed by atoms with van der Waals surface area (Å²) < 4.78 is 2.27. The molecule has 0 heterocycles. The van der Waals surface area contributed by atoms with Crippen molar-refractivity contribution in [1.29, 1.82) is 0 Å². The molecule has 0 bridgehead atoms. The fourth-order valence-corrected chi connectivity index (χ4v) is 3.43. The summed E-state index contributed by atoms with van der Waals surface area (Å²) >= 11 is 0. The molecule has 0 spiro atoms. The maximum absolute atomic E-state index is 2.44. The fourth-order valence-electron chi connectivity index (χ4n) is 3.43. The van der Waals surface area contributed by atoms with Crippen molar-refractivity contribution in [2.75, 3.05) is 41.3 Å². The molecule has 0 amide bonds. The molecule has 0 atom stereocenters. The summed E-state index contributed by atoms with van der Waals surface area (Å²) in [5.41, 5.74) is 0. The van der Waals surface area contributed by atoms with Crippen LogP contribution in [0.2, 0.25) is 0 Å². The topological polar surface area (TPSA) is 9.49 Å². The first kappa shape index (κ1) is 23.3. The van der Waals surface area contributed by atoms with Crippen LogP contribution >= 0.6 is 0 Å². The Morgan fingerprint density at radius 3 is 1.25 bits per heavy atom. The molecule has 144 valence electrons. The third kappa shape index (κ3) is 11.8. The van der Waals surface area contributed by atoms with Crippen molar-refractivity contribution in [3.05, 3.63) is 0 Å². The van der Waals surface area contributed by atoms with Gasteiger partial charge in [0.05, 0.1) is 41.3 Å². The first-order chi connectivity index (χ1) is 11.5. The molecule has 3 nitrogen and oxygen atoms in total. The second-order valence-corrected chi connectivity index (χ2v) is 7.57. The van der Waals surface area contributed by atoms with Gasteiger partial charge in [0.1, 0.15) is 0 Å². The van der Waals surface area contributed by atoms with Crippen molar-refractivity contribution in [2.45, 2.75) is 90.9 Å². The second-order valence-electron chi connectivity index (χ2n) is 7.57. The highest BCUT2D eigenvalue weighted by Gasteiger charge is 2.20. The molecular weight excluding hydrogens is 294 g/mol. The summed E-state index contributed by atoms with van der Waals surface area (Å²) in [4.78, 5) is 4.88. The van der Waals surface area contributed by atoms with Crippen LogP contribution in [0.25, 0.3) is 0 Å². The lowest BCUT2D eigenvalue weighted by molar-refractivity contribution is -0.476. The number of guanidine groups is 1. The van der Waals surface area contributed by atoms with Gasteiger partial charge in [0.2, 0.25) is 0 Å². The largest absolute Gasteiger partial charge is 0.349 e. The Hall–Kier alpha value is -0.730. The number of hydrogen-bond acceptors (Lipinski definition) is 0. The van der Waals surface area contributed by atoms with Gasteiger partial charge >= 0.3 is 5.96 Å². The minimum absolute atomic E-state index is 1.17. The van der Waals surface area contributed by atoms with Gasteiger partial charge in [0.15, 0.2) is 0 Å². The molecule has 0 aromatic carbocycles. The molecule has 0 unspecified atom stereocenters. The van der Waals surface area contributed by atoms with E-state index in [-0.39, 0.29) is 0 Å². The third-order valence-electron chi connectivity index (χ3n) is 4.78. The molecule has 0 aromatic heterocycles. The minimum Gasteiger partial charge on any atom is -0.270 e. The predicted molar refractivity (Wildman–Crippen MR) is 109 cm³/mol. The van der Waals surface area contributed by atoms with Crippen LogP contribution in [0.4, 0.5) is 0 Å². The van der Waals surface area contributed by atoms with E-state index in [2.05, 4.69) is 56.4 Å². The summed E-state index contributed by atoms with van der Waals surface area (Å²) in [6, 6.07) is 0. The maximum atomic E-state index is 2.44. The molecule has 3 heteroatoms. The fraction of sp³-hybridized carbons (Fsp3) is 0.952. The predicted octanol–water partition coefficient (Wildman–Crippen LogP) is 5.20. The van der Waals surface area contributed by atoms with Crippen molar-refractivity contribution in [3.63, 3.8) is 0 Å². The average Bonchev–Trinajstić information content (AvgIpc) is 2.53. The van der Waals surface area contributed by atoms with Crippen LogP contribution in [0, 0.1) is 0 Å². The SMILES string of the molecule is CCCCCCCCN(C)C(N(C)CCCCCCCC)=[N+](C)C. The van der Waals surface area contributed by atoms with Gasteiger partial charge in [-0.15, -0.1) is 0 Å². The molecular formula is C21H46N3+. The summed E-state index contributed by atoms with van der Waals surface area (Å²) in [5, 5.41) is 0. The van der Waals surface area contributed by atoms with Crippen LogP contribution < -0.4 is 0 Å². The van der Waals surface area contributed by atoms with E-state index in [0.717, 1.165) is 0 Å². The quantitative estimate of drug-likeness (QED) is 0.186. The van der Waals surface area contributed by atoms with Gasteiger partial charge in [-0.2, -0.15) is 0 Å².